The lowest BCUT2D eigenvalue weighted by atomic mass is 10.2. The van der Waals surface area contributed by atoms with Crippen LogP contribution >= 0.6 is 34.7 Å². The molecule has 0 aliphatic carbocycles. The summed E-state index contributed by atoms with van der Waals surface area (Å²) in [7, 11) is 0. The fourth-order valence-electron chi connectivity index (χ4n) is 2.93. The Labute approximate surface area is 139 Å². The highest BCUT2D eigenvalue weighted by atomic mass is 35.5. The van der Waals surface area contributed by atoms with Crippen molar-refractivity contribution in [1.29, 1.82) is 0 Å². The molecular formula is C15H21ClN2OS2. The smallest absolute Gasteiger partial charge is 0.263 e. The van der Waals surface area contributed by atoms with Crippen molar-refractivity contribution in [3.8, 4) is 0 Å². The summed E-state index contributed by atoms with van der Waals surface area (Å²) in [4.78, 5) is 19.5. The van der Waals surface area contributed by atoms with E-state index in [1.54, 1.807) is 11.3 Å². The van der Waals surface area contributed by atoms with Crippen molar-refractivity contribution >= 4 is 40.6 Å². The maximum atomic E-state index is 12.7. The number of aryl methyl sites for hydroxylation is 1. The highest BCUT2D eigenvalue weighted by Gasteiger charge is 2.23. The zero-order chi connectivity index (χ0) is 14.7. The lowest BCUT2D eigenvalue weighted by molar-refractivity contribution is 0.0766. The molecule has 3 rings (SSSR count). The summed E-state index contributed by atoms with van der Waals surface area (Å²) in [6, 6.07) is 2.13. The van der Waals surface area contributed by atoms with Gasteiger partial charge >= 0.3 is 0 Å². The number of amides is 1. The SMILES string of the molecule is O=C(c1cc2c(s1)CCSC2)N1CCCN(CCCl)CC1. The van der Waals surface area contributed by atoms with Gasteiger partial charge in [0.2, 0.25) is 0 Å². The Kier molecular flexibility index (Phi) is 5.49. The molecule has 1 aromatic rings. The quantitative estimate of drug-likeness (QED) is 0.788. The Bertz CT molecular complexity index is 482. The minimum absolute atomic E-state index is 0.229. The van der Waals surface area contributed by atoms with Crippen LogP contribution in [-0.4, -0.2) is 60.1 Å². The second kappa shape index (κ2) is 7.36. The van der Waals surface area contributed by atoms with Gasteiger partial charge in [0.25, 0.3) is 5.91 Å². The van der Waals surface area contributed by atoms with Gasteiger partial charge in [0.1, 0.15) is 0 Å². The van der Waals surface area contributed by atoms with E-state index in [9.17, 15) is 4.79 Å². The number of hydrogen-bond acceptors (Lipinski definition) is 4. The molecule has 1 fully saturated rings. The number of hydrogen-bond donors (Lipinski definition) is 0. The van der Waals surface area contributed by atoms with Gasteiger partial charge in [0.05, 0.1) is 4.88 Å². The number of thioether (sulfide) groups is 1. The van der Waals surface area contributed by atoms with Gasteiger partial charge in [-0.25, -0.2) is 0 Å². The number of nitrogens with zero attached hydrogens (tertiary/aromatic N) is 2. The van der Waals surface area contributed by atoms with E-state index in [2.05, 4.69) is 11.0 Å². The Balaban J connectivity index is 1.66. The molecule has 0 atom stereocenters. The summed E-state index contributed by atoms with van der Waals surface area (Å²) >= 11 is 9.50. The zero-order valence-corrected chi connectivity index (χ0v) is 14.5. The molecule has 3 heterocycles. The summed E-state index contributed by atoms with van der Waals surface area (Å²) in [5.74, 6) is 3.16. The molecule has 1 amide bonds. The summed E-state index contributed by atoms with van der Waals surface area (Å²) < 4.78 is 0. The molecule has 116 valence electrons. The molecule has 0 radical (unpaired) electrons. The normalized spacial score (nSPS) is 20.1. The van der Waals surface area contributed by atoms with Crippen LogP contribution in [0.3, 0.4) is 0 Å². The van der Waals surface area contributed by atoms with Gasteiger partial charge < -0.3 is 9.80 Å². The number of halogens is 1. The molecule has 0 aromatic carbocycles. The van der Waals surface area contributed by atoms with Crippen LogP contribution in [0.15, 0.2) is 6.07 Å². The first-order chi connectivity index (χ1) is 10.3. The van der Waals surface area contributed by atoms with Crippen LogP contribution in [0, 0.1) is 0 Å². The van der Waals surface area contributed by atoms with Gasteiger partial charge in [-0.05, 0) is 36.8 Å². The predicted octanol–water partition coefficient (Wildman–Crippen LogP) is 2.92. The van der Waals surface area contributed by atoms with E-state index in [1.807, 2.05) is 16.7 Å². The van der Waals surface area contributed by atoms with Crippen LogP contribution in [0.4, 0.5) is 0 Å². The molecule has 21 heavy (non-hydrogen) atoms. The number of carbonyl (C=O) groups excluding carboxylic acids is 1. The van der Waals surface area contributed by atoms with Crippen LogP contribution in [0.5, 0.6) is 0 Å². The van der Waals surface area contributed by atoms with Crippen LogP contribution < -0.4 is 0 Å². The number of carbonyl (C=O) groups is 1. The Morgan fingerprint density at radius 3 is 3.00 bits per heavy atom. The van der Waals surface area contributed by atoms with Gasteiger partial charge in [0, 0.05) is 42.7 Å². The molecule has 6 heteroatoms. The minimum atomic E-state index is 0.229. The van der Waals surface area contributed by atoms with E-state index in [-0.39, 0.29) is 5.91 Å². The molecule has 0 N–H and O–H groups in total. The molecule has 0 saturated carbocycles. The highest BCUT2D eigenvalue weighted by Crippen LogP contribution is 2.32. The molecule has 2 aliphatic rings. The zero-order valence-electron chi connectivity index (χ0n) is 12.1. The number of fused-ring (bicyclic) bond motifs is 1. The van der Waals surface area contributed by atoms with Crippen molar-refractivity contribution in [3.05, 3.63) is 21.4 Å². The molecule has 3 nitrogen and oxygen atoms in total. The maximum absolute atomic E-state index is 12.7. The largest absolute Gasteiger partial charge is 0.337 e. The van der Waals surface area contributed by atoms with Crippen LogP contribution in [-0.2, 0) is 12.2 Å². The predicted molar refractivity (Wildman–Crippen MR) is 91.9 cm³/mol. The van der Waals surface area contributed by atoms with Crippen molar-refractivity contribution in [1.82, 2.24) is 9.80 Å². The third-order valence-corrected chi connectivity index (χ3v) is 6.52. The molecule has 2 aliphatic heterocycles. The molecule has 1 saturated heterocycles. The van der Waals surface area contributed by atoms with E-state index in [1.165, 1.54) is 16.2 Å². The van der Waals surface area contributed by atoms with Gasteiger partial charge in [-0.2, -0.15) is 11.8 Å². The number of thiophene rings is 1. The third-order valence-electron chi connectivity index (χ3n) is 4.11. The first kappa shape index (κ1) is 15.7. The fraction of sp³-hybridized carbons (Fsp3) is 0.667. The van der Waals surface area contributed by atoms with Gasteiger partial charge in [-0.1, -0.05) is 0 Å². The van der Waals surface area contributed by atoms with Crippen molar-refractivity contribution in [3.63, 3.8) is 0 Å². The summed E-state index contributed by atoms with van der Waals surface area (Å²) in [6.07, 6.45) is 2.17. The topological polar surface area (TPSA) is 23.6 Å². The van der Waals surface area contributed by atoms with E-state index in [4.69, 9.17) is 11.6 Å². The maximum Gasteiger partial charge on any atom is 0.263 e. The lowest BCUT2D eigenvalue weighted by Gasteiger charge is -2.20. The number of rotatable bonds is 3. The second-order valence-electron chi connectivity index (χ2n) is 5.54. The van der Waals surface area contributed by atoms with E-state index in [0.717, 1.165) is 56.2 Å². The minimum Gasteiger partial charge on any atom is -0.337 e. The molecular weight excluding hydrogens is 324 g/mol. The molecule has 0 unspecified atom stereocenters. The van der Waals surface area contributed by atoms with Gasteiger partial charge in [-0.15, -0.1) is 22.9 Å². The fourth-order valence-corrected chi connectivity index (χ4v) is 5.50. The Morgan fingerprint density at radius 1 is 1.29 bits per heavy atom. The van der Waals surface area contributed by atoms with Crippen molar-refractivity contribution in [2.45, 2.75) is 18.6 Å². The third kappa shape index (κ3) is 3.76. The van der Waals surface area contributed by atoms with Crippen LogP contribution in [0.2, 0.25) is 0 Å². The average Bonchev–Trinajstić information content (AvgIpc) is 2.80. The van der Waals surface area contributed by atoms with Crippen LogP contribution in [0.25, 0.3) is 0 Å². The van der Waals surface area contributed by atoms with Gasteiger partial charge in [0.15, 0.2) is 0 Å². The standard InChI is InChI=1S/C15H21ClN2OS2/c16-3-6-17-4-1-5-18(8-7-17)15(19)14-10-12-11-20-9-2-13(12)21-14/h10H,1-9,11H2. The summed E-state index contributed by atoms with van der Waals surface area (Å²) in [6.45, 7) is 4.61. The molecule has 0 bridgehead atoms. The Morgan fingerprint density at radius 2 is 2.19 bits per heavy atom. The molecule has 0 spiro atoms. The summed E-state index contributed by atoms with van der Waals surface area (Å²) in [5.41, 5.74) is 1.39. The lowest BCUT2D eigenvalue weighted by Crippen LogP contribution is -2.35. The van der Waals surface area contributed by atoms with Gasteiger partial charge in [-0.3, -0.25) is 4.79 Å². The number of alkyl halides is 1. The van der Waals surface area contributed by atoms with E-state index >= 15 is 0 Å². The van der Waals surface area contributed by atoms with E-state index < -0.39 is 0 Å². The Hall–Kier alpha value is -0.230. The van der Waals surface area contributed by atoms with Crippen molar-refractivity contribution in [2.75, 3.05) is 44.4 Å². The molecule has 1 aromatic heterocycles. The average molecular weight is 345 g/mol. The first-order valence-corrected chi connectivity index (χ1v) is 10.1. The highest BCUT2D eigenvalue weighted by molar-refractivity contribution is 7.98. The monoisotopic (exact) mass is 344 g/mol. The van der Waals surface area contributed by atoms with Crippen LogP contribution in [0.1, 0.15) is 26.5 Å². The van der Waals surface area contributed by atoms with Crippen molar-refractivity contribution in [2.24, 2.45) is 0 Å². The first-order valence-electron chi connectivity index (χ1n) is 7.55. The van der Waals surface area contributed by atoms with Crippen molar-refractivity contribution < 1.29 is 4.79 Å². The second-order valence-corrected chi connectivity index (χ2v) is 8.16. The van der Waals surface area contributed by atoms with E-state index in [0.29, 0.717) is 5.88 Å². The summed E-state index contributed by atoms with van der Waals surface area (Å²) in [5, 5.41) is 0.